The number of hydrogen-bond donors (Lipinski definition) is 2. The lowest BCUT2D eigenvalue weighted by molar-refractivity contribution is -0.110. The number of anilines is 1. The molecule has 0 radical (unpaired) electrons. The SMILES string of the molecule is O=C1Nc2ccc(Cl)cc2/C1=C\c1ccc(-c2cccc(C(=O)CCCCO)c2)o1. The van der Waals surface area contributed by atoms with Gasteiger partial charge in [0, 0.05) is 40.4 Å². The normalized spacial score (nSPS) is 14.1. The Morgan fingerprint density at radius 3 is 2.80 bits per heavy atom. The molecule has 2 heterocycles. The number of fused-ring (bicyclic) bond motifs is 1. The van der Waals surface area contributed by atoms with E-state index in [2.05, 4.69) is 5.32 Å². The van der Waals surface area contributed by atoms with Crippen molar-refractivity contribution in [3.63, 3.8) is 0 Å². The van der Waals surface area contributed by atoms with Gasteiger partial charge in [0.15, 0.2) is 5.78 Å². The quantitative estimate of drug-likeness (QED) is 0.302. The maximum atomic E-state index is 12.3. The van der Waals surface area contributed by atoms with Gasteiger partial charge in [-0.3, -0.25) is 9.59 Å². The molecule has 0 saturated carbocycles. The van der Waals surface area contributed by atoms with Gasteiger partial charge >= 0.3 is 0 Å². The third-order valence-electron chi connectivity index (χ3n) is 4.96. The van der Waals surface area contributed by atoms with Crippen molar-refractivity contribution in [2.45, 2.75) is 19.3 Å². The summed E-state index contributed by atoms with van der Waals surface area (Å²) in [5, 5.41) is 12.2. The molecule has 1 aliphatic heterocycles. The predicted molar refractivity (Wildman–Crippen MR) is 117 cm³/mol. The largest absolute Gasteiger partial charge is 0.457 e. The first kappa shape index (κ1) is 20.1. The van der Waals surface area contributed by atoms with Gasteiger partial charge in [0.1, 0.15) is 11.5 Å². The number of halogens is 1. The molecule has 0 unspecified atom stereocenters. The molecule has 2 aromatic carbocycles. The maximum Gasteiger partial charge on any atom is 0.256 e. The number of Topliss-reactive ketones (excluding diaryl/α,β-unsaturated/α-hetero) is 1. The number of aliphatic hydroxyl groups is 1. The summed E-state index contributed by atoms with van der Waals surface area (Å²) in [5.74, 6) is 0.968. The van der Waals surface area contributed by atoms with Crippen molar-refractivity contribution in [2.24, 2.45) is 0 Å². The molecule has 0 spiro atoms. The number of aliphatic hydroxyl groups excluding tert-OH is 1. The highest BCUT2D eigenvalue weighted by Crippen LogP contribution is 2.35. The van der Waals surface area contributed by atoms with E-state index in [4.69, 9.17) is 21.1 Å². The molecule has 30 heavy (non-hydrogen) atoms. The van der Waals surface area contributed by atoms with Gasteiger partial charge in [-0.15, -0.1) is 0 Å². The summed E-state index contributed by atoms with van der Waals surface area (Å²) in [6, 6.07) is 16.1. The summed E-state index contributed by atoms with van der Waals surface area (Å²) >= 11 is 6.07. The molecule has 1 aliphatic rings. The van der Waals surface area contributed by atoms with Crippen molar-refractivity contribution in [1.82, 2.24) is 0 Å². The van der Waals surface area contributed by atoms with Crippen LogP contribution < -0.4 is 5.32 Å². The first-order valence-corrected chi connectivity index (χ1v) is 10.1. The van der Waals surface area contributed by atoms with Gasteiger partial charge in [0.2, 0.25) is 0 Å². The molecular weight excluding hydrogens is 402 g/mol. The zero-order valence-corrected chi connectivity index (χ0v) is 16.9. The number of nitrogens with one attached hydrogen (secondary N) is 1. The summed E-state index contributed by atoms with van der Waals surface area (Å²) in [7, 11) is 0. The number of carbonyl (C=O) groups excluding carboxylic acids is 2. The van der Waals surface area contributed by atoms with Crippen molar-refractivity contribution in [2.75, 3.05) is 11.9 Å². The Hall–Kier alpha value is -3.15. The van der Waals surface area contributed by atoms with E-state index in [0.29, 0.717) is 46.9 Å². The lowest BCUT2D eigenvalue weighted by Gasteiger charge is -2.03. The monoisotopic (exact) mass is 421 g/mol. The lowest BCUT2D eigenvalue weighted by atomic mass is 10.0. The highest BCUT2D eigenvalue weighted by Gasteiger charge is 2.24. The fourth-order valence-electron chi connectivity index (χ4n) is 3.42. The average Bonchev–Trinajstić information content (AvgIpc) is 3.33. The second-order valence-electron chi connectivity index (χ2n) is 7.09. The molecule has 0 fully saturated rings. The zero-order valence-electron chi connectivity index (χ0n) is 16.2. The van der Waals surface area contributed by atoms with Gasteiger partial charge in [0.05, 0.1) is 5.57 Å². The summed E-state index contributed by atoms with van der Waals surface area (Å²) in [4.78, 5) is 24.7. The second kappa shape index (κ2) is 8.69. The van der Waals surface area contributed by atoms with E-state index in [-0.39, 0.29) is 18.3 Å². The van der Waals surface area contributed by atoms with Crippen LogP contribution in [0.5, 0.6) is 0 Å². The molecule has 4 rings (SSSR count). The van der Waals surface area contributed by atoms with Gasteiger partial charge in [-0.1, -0.05) is 29.8 Å². The maximum absolute atomic E-state index is 12.3. The number of hydrogen-bond acceptors (Lipinski definition) is 4. The minimum atomic E-state index is -0.208. The second-order valence-corrected chi connectivity index (χ2v) is 7.53. The molecule has 1 amide bonds. The van der Waals surface area contributed by atoms with Crippen LogP contribution in [0.3, 0.4) is 0 Å². The highest BCUT2D eigenvalue weighted by atomic mass is 35.5. The minimum absolute atomic E-state index is 0.0373. The van der Waals surface area contributed by atoms with Crippen LogP contribution in [0.4, 0.5) is 5.69 Å². The smallest absolute Gasteiger partial charge is 0.256 e. The van der Waals surface area contributed by atoms with Crippen molar-refractivity contribution in [3.05, 3.63) is 76.5 Å². The van der Waals surface area contributed by atoms with Crippen LogP contribution in [0.2, 0.25) is 5.02 Å². The van der Waals surface area contributed by atoms with E-state index in [9.17, 15) is 9.59 Å². The third kappa shape index (κ3) is 4.22. The molecule has 152 valence electrons. The van der Waals surface area contributed by atoms with Crippen LogP contribution in [-0.2, 0) is 4.79 Å². The molecule has 6 heteroatoms. The molecule has 5 nitrogen and oxygen atoms in total. The van der Waals surface area contributed by atoms with Crippen LogP contribution in [0.15, 0.2) is 59.0 Å². The van der Waals surface area contributed by atoms with Crippen LogP contribution >= 0.6 is 11.6 Å². The Bertz CT molecular complexity index is 1150. The molecule has 0 aliphatic carbocycles. The Balaban J connectivity index is 1.58. The van der Waals surface area contributed by atoms with Crippen molar-refractivity contribution >= 4 is 40.6 Å². The summed E-state index contributed by atoms with van der Waals surface area (Å²) in [6.07, 6.45) is 3.36. The summed E-state index contributed by atoms with van der Waals surface area (Å²) < 4.78 is 5.92. The fraction of sp³-hybridized carbons (Fsp3) is 0.167. The number of amides is 1. The van der Waals surface area contributed by atoms with Crippen LogP contribution in [0, 0.1) is 0 Å². The van der Waals surface area contributed by atoms with Crippen molar-refractivity contribution in [3.8, 4) is 11.3 Å². The van der Waals surface area contributed by atoms with E-state index in [1.165, 1.54) is 0 Å². The first-order valence-electron chi connectivity index (χ1n) is 9.72. The van der Waals surface area contributed by atoms with Gasteiger partial charge in [-0.2, -0.15) is 0 Å². The molecule has 0 bridgehead atoms. The molecule has 3 aromatic rings. The van der Waals surface area contributed by atoms with Crippen LogP contribution in [-0.4, -0.2) is 23.4 Å². The molecule has 0 atom stereocenters. The van der Waals surface area contributed by atoms with Gasteiger partial charge in [-0.25, -0.2) is 0 Å². The minimum Gasteiger partial charge on any atom is -0.457 e. The lowest BCUT2D eigenvalue weighted by Crippen LogP contribution is -2.03. The number of ketones is 1. The topological polar surface area (TPSA) is 79.5 Å². The molecule has 0 saturated heterocycles. The number of unbranched alkanes of at least 4 members (excludes halogenated alkanes) is 1. The van der Waals surface area contributed by atoms with E-state index in [1.807, 2.05) is 18.2 Å². The van der Waals surface area contributed by atoms with Crippen molar-refractivity contribution in [1.29, 1.82) is 0 Å². The number of furan rings is 1. The number of carbonyl (C=O) groups is 2. The Kier molecular flexibility index (Phi) is 5.84. The summed E-state index contributed by atoms with van der Waals surface area (Å²) in [5.41, 5.74) is 3.34. The Morgan fingerprint density at radius 1 is 1.10 bits per heavy atom. The molecular formula is C24H20ClNO4. The molecule has 1 aromatic heterocycles. The highest BCUT2D eigenvalue weighted by molar-refractivity contribution is 6.36. The number of benzene rings is 2. The van der Waals surface area contributed by atoms with E-state index < -0.39 is 0 Å². The Morgan fingerprint density at radius 2 is 1.97 bits per heavy atom. The summed E-state index contributed by atoms with van der Waals surface area (Å²) in [6.45, 7) is 0.0900. The molecule has 2 N–H and O–H groups in total. The third-order valence-corrected chi connectivity index (χ3v) is 5.19. The standard InChI is InChI=1S/C24H20ClNO4/c25-17-7-9-21-19(13-17)20(24(29)26-21)14-18-8-10-23(30-18)16-5-3-4-15(12-16)22(28)6-1-2-11-27/h3-5,7-10,12-14,27H,1-2,6,11H2,(H,26,29)/b20-14+. The predicted octanol–water partition coefficient (Wildman–Crippen LogP) is 5.44. The fourth-order valence-corrected chi connectivity index (χ4v) is 3.59. The van der Waals surface area contributed by atoms with Gasteiger partial charge in [-0.05, 0) is 55.3 Å². The van der Waals surface area contributed by atoms with Crippen LogP contribution in [0.1, 0.15) is 40.9 Å². The average molecular weight is 422 g/mol. The van der Waals surface area contributed by atoms with Gasteiger partial charge in [0.25, 0.3) is 5.91 Å². The van der Waals surface area contributed by atoms with E-state index in [0.717, 1.165) is 16.8 Å². The number of rotatable bonds is 7. The van der Waals surface area contributed by atoms with E-state index >= 15 is 0 Å². The van der Waals surface area contributed by atoms with Crippen LogP contribution in [0.25, 0.3) is 23.0 Å². The van der Waals surface area contributed by atoms with Crippen molar-refractivity contribution < 1.29 is 19.1 Å². The Labute approximate surface area is 179 Å². The van der Waals surface area contributed by atoms with Gasteiger partial charge < -0.3 is 14.8 Å². The van der Waals surface area contributed by atoms with E-state index in [1.54, 1.807) is 42.5 Å². The first-order chi connectivity index (χ1) is 14.5. The zero-order chi connectivity index (χ0) is 21.1.